The predicted molar refractivity (Wildman–Crippen MR) is 150 cm³/mol. The van der Waals surface area contributed by atoms with Gasteiger partial charge in [-0.3, -0.25) is 0 Å². The molecule has 1 aromatic heterocycles. The van der Waals surface area contributed by atoms with Gasteiger partial charge in [0.1, 0.15) is 5.82 Å². The maximum absolute atomic E-state index is 11.8. The molecule has 1 saturated heterocycles. The second-order valence-corrected chi connectivity index (χ2v) is 10.5. The zero-order valence-corrected chi connectivity index (χ0v) is 22.5. The summed E-state index contributed by atoms with van der Waals surface area (Å²) >= 11 is 0. The van der Waals surface area contributed by atoms with Gasteiger partial charge >= 0.3 is 0 Å². The summed E-state index contributed by atoms with van der Waals surface area (Å²) in [5, 5.41) is 6.62. The van der Waals surface area contributed by atoms with E-state index in [0.717, 1.165) is 55.2 Å². The van der Waals surface area contributed by atoms with Gasteiger partial charge < -0.3 is 20.4 Å². The van der Waals surface area contributed by atoms with Crippen molar-refractivity contribution < 1.29 is 8.42 Å². The molecule has 1 aliphatic heterocycles. The number of nitrogens with zero attached hydrogens (tertiary/aromatic N) is 4. The van der Waals surface area contributed by atoms with Crippen molar-refractivity contribution in [2.75, 3.05) is 54.8 Å². The molecule has 198 valence electrons. The molecule has 2 heterocycles. The third kappa shape index (κ3) is 7.62. The fourth-order valence-electron chi connectivity index (χ4n) is 4.10. The minimum Gasteiger partial charge on any atom is -0.369 e. The molecule has 0 atom stereocenters. The van der Waals surface area contributed by atoms with Crippen LogP contribution in [0.1, 0.15) is 25.0 Å². The van der Waals surface area contributed by atoms with Gasteiger partial charge in [-0.15, -0.1) is 0 Å². The van der Waals surface area contributed by atoms with E-state index >= 15 is 0 Å². The van der Waals surface area contributed by atoms with E-state index in [9.17, 15) is 8.42 Å². The fourth-order valence-corrected chi connectivity index (χ4v) is 4.94. The summed E-state index contributed by atoms with van der Waals surface area (Å²) in [7, 11) is -3.48. The molecule has 0 amide bonds. The molecule has 2 aromatic carbocycles. The number of rotatable bonds is 11. The first-order valence-corrected chi connectivity index (χ1v) is 14.1. The molecule has 0 saturated carbocycles. The number of likely N-dealkylation sites (N-methyl/N-ethyl adjacent to an activating group) is 1. The minimum absolute atomic E-state index is 0.212. The van der Waals surface area contributed by atoms with Crippen LogP contribution in [0.15, 0.2) is 54.7 Å². The highest BCUT2D eigenvalue weighted by atomic mass is 32.2. The van der Waals surface area contributed by atoms with Crippen LogP contribution in [-0.4, -0.2) is 62.6 Å². The Morgan fingerprint density at radius 3 is 2.16 bits per heavy atom. The normalized spacial score (nSPS) is 14.5. The first-order chi connectivity index (χ1) is 17.8. The number of nitrogens with one attached hydrogen (secondary N) is 4. The molecule has 0 bridgehead atoms. The molecule has 4 rings (SSSR count). The summed E-state index contributed by atoms with van der Waals surface area (Å²) in [6, 6.07) is 15.9. The highest BCUT2D eigenvalue weighted by Gasteiger charge is 2.16. The molecule has 11 heteroatoms. The van der Waals surface area contributed by atoms with Crippen molar-refractivity contribution in [3.63, 3.8) is 0 Å². The van der Waals surface area contributed by atoms with Gasteiger partial charge in [-0.05, 0) is 55.4 Å². The van der Waals surface area contributed by atoms with Gasteiger partial charge in [0.25, 0.3) is 10.2 Å². The van der Waals surface area contributed by atoms with Crippen molar-refractivity contribution in [2.45, 2.75) is 27.3 Å². The average Bonchev–Trinajstić information content (AvgIpc) is 2.91. The molecule has 1 aliphatic rings. The van der Waals surface area contributed by atoms with Gasteiger partial charge in [-0.2, -0.15) is 18.1 Å². The molecule has 0 unspecified atom stereocenters. The van der Waals surface area contributed by atoms with Crippen molar-refractivity contribution in [1.29, 1.82) is 0 Å². The van der Waals surface area contributed by atoms with Gasteiger partial charge in [0.05, 0.1) is 0 Å². The topological polar surface area (TPSA) is 115 Å². The Labute approximate surface area is 219 Å². The van der Waals surface area contributed by atoms with E-state index in [2.05, 4.69) is 71.0 Å². The Morgan fingerprint density at radius 2 is 1.51 bits per heavy atom. The van der Waals surface area contributed by atoms with Crippen molar-refractivity contribution >= 4 is 39.0 Å². The molecule has 1 fully saturated rings. The summed E-state index contributed by atoms with van der Waals surface area (Å²) in [5.74, 6) is 1.20. The van der Waals surface area contributed by atoms with E-state index in [1.807, 2.05) is 31.2 Å². The predicted octanol–water partition coefficient (Wildman–Crippen LogP) is 3.36. The van der Waals surface area contributed by atoms with Crippen molar-refractivity contribution in [2.24, 2.45) is 0 Å². The van der Waals surface area contributed by atoms with Crippen LogP contribution >= 0.6 is 0 Å². The van der Waals surface area contributed by atoms with Crippen LogP contribution in [0.2, 0.25) is 0 Å². The van der Waals surface area contributed by atoms with Crippen LogP contribution < -0.4 is 25.0 Å². The number of aromatic nitrogens is 2. The smallest absolute Gasteiger partial charge is 0.277 e. The lowest BCUT2D eigenvalue weighted by molar-refractivity contribution is 0.271. The minimum atomic E-state index is -3.48. The summed E-state index contributed by atoms with van der Waals surface area (Å²) in [6.45, 7) is 11.8. The Hall–Kier alpha value is -3.25. The quantitative estimate of drug-likeness (QED) is 0.302. The van der Waals surface area contributed by atoms with E-state index in [1.54, 1.807) is 13.1 Å². The van der Waals surface area contributed by atoms with Gasteiger partial charge in [0.15, 0.2) is 0 Å². The summed E-state index contributed by atoms with van der Waals surface area (Å²) in [4.78, 5) is 14.0. The largest absolute Gasteiger partial charge is 0.369 e. The van der Waals surface area contributed by atoms with Crippen molar-refractivity contribution in [3.05, 3.63) is 65.9 Å². The van der Waals surface area contributed by atoms with E-state index in [4.69, 9.17) is 0 Å². The monoisotopic (exact) mass is 524 g/mol. The third-order valence-electron chi connectivity index (χ3n) is 6.30. The van der Waals surface area contributed by atoms with Crippen LogP contribution in [0.4, 0.5) is 28.8 Å². The van der Waals surface area contributed by atoms with Crippen LogP contribution in [0.3, 0.4) is 0 Å². The lowest BCUT2D eigenvalue weighted by atomic mass is 10.2. The fraction of sp³-hybridized carbons (Fsp3) is 0.385. The third-order valence-corrected chi connectivity index (χ3v) is 7.49. The highest BCUT2D eigenvalue weighted by molar-refractivity contribution is 7.87. The molecule has 10 nitrogen and oxygen atoms in total. The van der Waals surface area contributed by atoms with Crippen molar-refractivity contribution in [3.8, 4) is 0 Å². The van der Waals surface area contributed by atoms with E-state index < -0.39 is 10.2 Å². The van der Waals surface area contributed by atoms with Gasteiger partial charge in [-0.25, -0.2) is 9.71 Å². The number of benzene rings is 2. The van der Waals surface area contributed by atoms with Crippen LogP contribution in [0.25, 0.3) is 0 Å². The number of hydrogen-bond acceptors (Lipinski definition) is 8. The lowest BCUT2D eigenvalue weighted by Crippen LogP contribution is -2.46. The Kier molecular flexibility index (Phi) is 8.93. The second kappa shape index (κ2) is 12.3. The van der Waals surface area contributed by atoms with E-state index in [0.29, 0.717) is 18.3 Å². The first kappa shape index (κ1) is 26.8. The maximum Gasteiger partial charge on any atom is 0.277 e. The molecule has 4 N–H and O–H groups in total. The zero-order valence-electron chi connectivity index (χ0n) is 21.7. The average molecular weight is 525 g/mol. The number of piperazine rings is 1. The summed E-state index contributed by atoms with van der Waals surface area (Å²) < 4.78 is 28.5. The summed E-state index contributed by atoms with van der Waals surface area (Å²) in [5.41, 5.74) is 4.76. The number of anilines is 5. The van der Waals surface area contributed by atoms with E-state index in [-0.39, 0.29) is 6.54 Å². The SMILES string of the molecule is CCNS(=O)(=O)NCc1ccc(Nc2nc(Nc3ccc(N4CCN(CC)CC4)cc3)ncc2C)cc1. The molecular weight excluding hydrogens is 488 g/mol. The Morgan fingerprint density at radius 1 is 0.865 bits per heavy atom. The molecule has 0 aliphatic carbocycles. The highest BCUT2D eigenvalue weighted by Crippen LogP contribution is 2.23. The van der Waals surface area contributed by atoms with Crippen LogP contribution in [-0.2, 0) is 16.8 Å². The Balaban J connectivity index is 1.35. The molecule has 37 heavy (non-hydrogen) atoms. The zero-order chi connectivity index (χ0) is 26.3. The van der Waals surface area contributed by atoms with Gasteiger partial charge in [-0.1, -0.05) is 26.0 Å². The molecule has 0 radical (unpaired) electrons. The van der Waals surface area contributed by atoms with Crippen LogP contribution in [0, 0.1) is 6.92 Å². The maximum atomic E-state index is 11.8. The van der Waals surface area contributed by atoms with Gasteiger partial charge in [0.2, 0.25) is 5.95 Å². The second-order valence-electron chi connectivity index (χ2n) is 8.96. The van der Waals surface area contributed by atoms with Gasteiger partial charge in [0, 0.05) is 68.1 Å². The molecular formula is C26H36N8O2S. The molecule has 0 spiro atoms. The molecule has 3 aromatic rings. The lowest BCUT2D eigenvalue weighted by Gasteiger charge is -2.35. The summed E-state index contributed by atoms with van der Waals surface area (Å²) in [6.07, 6.45) is 1.78. The number of aryl methyl sites for hydroxylation is 1. The van der Waals surface area contributed by atoms with Crippen molar-refractivity contribution in [1.82, 2.24) is 24.3 Å². The Bertz CT molecular complexity index is 1260. The number of hydrogen-bond donors (Lipinski definition) is 4. The first-order valence-electron chi connectivity index (χ1n) is 12.6. The van der Waals surface area contributed by atoms with Crippen LogP contribution in [0.5, 0.6) is 0 Å². The van der Waals surface area contributed by atoms with E-state index in [1.165, 1.54) is 5.69 Å². The standard InChI is InChI=1S/C26H36N8O2S/c1-4-28-37(35,36)29-19-21-6-8-22(9-7-21)30-25-20(3)18-27-26(32-25)31-23-10-12-24(13-11-23)34-16-14-33(5-2)15-17-34/h6-13,18,28-29H,4-5,14-17,19H2,1-3H3,(H2,27,30,31,32).